The Morgan fingerprint density at radius 3 is 2.53 bits per heavy atom. The number of rotatable bonds is 1. The summed E-state index contributed by atoms with van der Waals surface area (Å²) in [4.78, 5) is 22.4. The molecule has 1 unspecified atom stereocenters. The van der Waals surface area contributed by atoms with Crippen LogP contribution in [0, 0.1) is 13.8 Å². The second-order valence-corrected chi connectivity index (χ2v) is 3.76. The highest BCUT2D eigenvalue weighted by Gasteiger charge is 2.31. The van der Waals surface area contributed by atoms with E-state index >= 15 is 0 Å². The molecule has 0 aliphatic carbocycles. The van der Waals surface area contributed by atoms with E-state index in [2.05, 4.69) is 10.6 Å². The molecule has 0 radical (unpaired) electrons. The molecule has 1 fully saturated rings. The molecule has 1 saturated heterocycles. The Morgan fingerprint density at radius 2 is 1.93 bits per heavy atom. The van der Waals surface area contributed by atoms with Gasteiger partial charge in [0.05, 0.1) is 0 Å². The summed E-state index contributed by atoms with van der Waals surface area (Å²) in [5, 5.41) is 4.81. The van der Waals surface area contributed by atoms with Crippen LogP contribution >= 0.6 is 0 Å². The molecular formula is C11H12N2O2. The largest absolute Gasteiger partial charge is 0.322 e. The maximum Gasteiger partial charge on any atom is 0.322 e. The fourth-order valence-corrected chi connectivity index (χ4v) is 1.71. The van der Waals surface area contributed by atoms with Gasteiger partial charge < -0.3 is 5.32 Å². The Kier molecular flexibility index (Phi) is 2.19. The number of carbonyl (C=O) groups excluding carboxylic acids is 2. The van der Waals surface area contributed by atoms with Gasteiger partial charge in [-0.05, 0) is 25.0 Å². The van der Waals surface area contributed by atoms with Gasteiger partial charge in [-0.2, -0.15) is 0 Å². The van der Waals surface area contributed by atoms with Gasteiger partial charge in [-0.3, -0.25) is 10.1 Å². The molecule has 1 aromatic rings. The molecule has 15 heavy (non-hydrogen) atoms. The van der Waals surface area contributed by atoms with Crippen molar-refractivity contribution < 1.29 is 9.59 Å². The van der Waals surface area contributed by atoms with Gasteiger partial charge in [0, 0.05) is 0 Å². The summed E-state index contributed by atoms with van der Waals surface area (Å²) in [6.45, 7) is 3.88. The second-order valence-electron chi connectivity index (χ2n) is 3.76. The van der Waals surface area contributed by atoms with Gasteiger partial charge in [-0.15, -0.1) is 0 Å². The second kappa shape index (κ2) is 3.38. The number of urea groups is 1. The van der Waals surface area contributed by atoms with E-state index in [0.29, 0.717) is 0 Å². The lowest BCUT2D eigenvalue weighted by molar-refractivity contribution is -0.120. The zero-order valence-corrected chi connectivity index (χ0v) is 8.63. The minimum atomic E-state index is -0.544. The van der Waals surface area contributed by atoms with Crippen molar-refractivity contribution in [2.75, 3.05) is 0 Å². The lowest BCUT2D eigenvalue weighted by Crippen LogP contribution is -2.22. The third-order valence-corrected chi connectivity index (χ3v) is 2.52. The van der Waals surface area contributed by atoms with Crippen LogP contribution < -0.4 is 10.6 Å². The molecule has 0 aromatic heterocycles. The van der Waals surface area contributed by atoms with Crippen molar-refractivity contribution in [1.29, 1.82) is 0 Å². The highest BCUT2D eigenvalue weighted by atomic mass is 16.2. The Hall–Kier alpha value is -1.84. The van der Waals surface area contributed by atoms with Gasteiger partial charge in [0.2, 0.25) is 0 Å². The first-order chi connectivity index (χ1) is 7.08. The van der Waals surface area contributed by atoms with Crippen LogP contribution in [0.15, 0.2) is 18.2 Å². The monoisotopic (exact) mass is 204 g/mol. The summed E-state index contributed by atoms with van der Waals surface area (Å²) in [7, 11) is 0. The quantitative estimate of drug-likeness (QED) is 0.675. The fraction of sp³-hybridized carbons (Fsp3) is 0.273. The van der Waals surface area contributed by atoms with Gasteiger partial charge in [0.25, 0.3) is 5.91 Å². The predicted octanol–water partition coefficient (Wildman–Crippen LogP) is 1.18. The summed E-state index contributed by atoms with van der Waals surface area (Å²) < 4.78 is 0. The average Bonchev–Trinajstić information content (AvgIpc) is 2.50. The number of carbonyl (C=O) groups is 2. The molecule has 2 rings (SSSR count). The highest BCUT2D eigenvalue weighted by Crippen LogP contribution is 2.21. The molecule has 2 N–H and O–H groups in total. The van der Waals surface area contributed by atoms with E-state index in [1.165, 1.54) is 0 Å². The molecule has 1 aliphatic rings. The summed E-state index contributed by atoms with van der Waals surface area (Å²) in [5.74, 6) is -0.284. The standard InChI is InChI=1S/C11H12N2O2/c1-6-3-4-7(2)8(5-6)9-10(14)13-11(15)12-9/h3-5,9H,1-2H3,(H2,12,13,14,15). The third-order valence-electron chi connectivity index (χ3n) is 2.52. The number of benzene rings is 1. The normalized spacial score (nSPS) is 20.0. The number of hydrogen-bond acceptors (Lipinski definition) is 2. The lowest BCUT2D eigenvalue weighted by atomic mass is 9.99. The molecule has 1 atom stereocenters. The van der Waals surface area contributed by atoms with Gasteiger partial charge in [0.1, 0.15) is 6.04 Å². The van der Waals surface area contributed by atoms with Crippen molar-refractivity contribution in [3.05, 3.63) is 34.9 Å². The number of nitrogens with one attached hydrogen (secondary N) is 2. The Morgan fingerprint density at radius 1 is 1.20 bits per heavy atom. The van der Waals surface area contributed by atoms with Crippen molar-refractivity contribution in [1.82, 2.24) is 10.6 Å². The van der Waals surface area contributed by atoms with Crippen molar-refractivity contribution in [2.45, 2.75) is 19.9 Å². The fourth-order valence-electron chi connectivity index (χ4n) is 1.71. The molecule has 4 heteroatoms. The minimum absolute atomic E-state index is 0.284. The van der Waals surface area contributed by atoms with Crippen LogP contribution in [-0.2, 0) is 4.79 Å². The van der Waals surface area contributed by atoms with E-state index in [9.17, 15) is 9.59 Å². The topological polar surface area (TPSA) is 58.2 Å². The number of aryl methyl sites for hydroxylation is 2. The van der Waals surface area contributed by atoms with Crippen LogP contribution in [0.5, 0.6) is 0 Å². The van der Waals surface area contributed by atoms with E-state index in [4.69, 9.17) is 0 Å². The van der Waals surface area contributed by atoms with E-state index in [1.807, 2.05) is 32.0 Å². The van der Waals surface area contributed by atoms with Crippen LogP contribution in [0.25, 0.3) is 0 Å². The number of imide groups is 1. The first kappa shape index (κ1) is 9.71. The van der Waals surface area contributed by atoms with Gasteiger partial charge in [-0.1, -0.05) is 23.8 Å². The molecule has 0 saturated carbocycles. The molecule has 1 aromatic carbocycles. The summed E-state index contributed by atoms with van der Waals surface area (Å²) in [6, 6.07) is 4.88. The molecule has 1 aliphatic heterocycles. The van der Waals surface area contributed by atoms with Gasteiger partial charge in [0.15, 0.2) is 0 Å². The van der Waals surface area contributed by atoms with E-state index in [-0.39, 0.29) is 5.91 Å². The van der Waals surface area contributed by atoms with Crippen molar-refractivity contribution in [2.24, 2.45) is 0 Å². The first-order valence-electron chi connectivity index (χ1n) is 4.76. The maximum absolute atomic E-state index is 11.5. The third kappa shape index (κ3) is 1.70. The van der Waals surface area contributed by atoms with Crippen LogP contribution in [0.4, 0.5) is 4.79 Å². The Labute approximate surface area is 87.7 Å². The summed E-state index contributed by atoms with van der Waals surface area (Å²) >= 11 is 0. The predicted molar refractivity (Wildman–Crippen MR) is 55.3 cm³/mol. The molecule has 78 valence electrons. The van der Waals surface area contributed by atoms with Crippen LogP contribution in [-0.4, -0.2) is 11.9 Å². The van der Waals surface area contributed by atoms with Crippen molar-refractivity contribution in [3.63, 3.8) is 0 Å². The number of hydrogen-bond donors (Lipinski definition) is 2. The Balaban J connectivity index is 2.41. The van der Waals surface area contributed by atoms with Gasteiger partial charge >= 0.3 is 6.03 Å². The number of amides is 3. The van der Waals surface area contributed by atoms with E-state index in [1.54, 1.807) is 0 Å². The average molecular weight is 204 g/mol. The van der Waals surface area contributed by atoms with Crippen LogP contribution in [0.3, 0.4) is 0 Å². The minimum Gasteiger partial charge on any atom is -0.322 e. The van der Waals surface area contributed by atoms with Gasteiger partial charge in [-0.25, -0.2) is 4.79 Å². The lowest BCUT2D eigenvalue weighted by Gasteiger charge is -2.11. The summed E-state index contributed by atoms with van der Waals surface area (Å²) in [5.41, 5.74) is 2.94. The summed E-state index contributed by atoms with van der Waals surface area (Å²) in [6.07, 6.45) is 0. The van der Waals surface area contributed by atoms with Crippen LogP contribution in [0.2, 0.25) is 0 Å². The highest BCUT2D eigenvalue weighted by molar-refractivity contribution is 6.04. The van der Waals surface area contributed by atoms with Crippen molar-refractivity contribution in [3.8, 4) is 0 Å². The zero-order chi connectivity index (χ0) is 11.0. The SMILES string of the molecule is Cc1ccc(C)c(C2NC(=O)NC2=O)c1. The zero-order valence-electron chi connectivity index (χ0n) is 8.63. The van der Waals surface area contributed by atoms with Crippen molar-refractivity contribution >= 4 is 11.9 Å². The molecule has 0 bridgehead atoms. The van der Waals surface area contributed by atoms with E-state index in [0.717, 1.165) is 16.7 Å². The first-order valence-corrected chi connectivity index (χ1v) is 4.76. The smallest absolute Gasteiger partial charge is 0.322 e. The molecule has 0 spiro atoms. The molecule has 4 nitrogen and oxygen atoms in total. The molecular weight excluding hydrogens is 192 g/mol. The van der Waals surface area contributed by atoms with E-state index < -0.39 is 12.1 Å². The maximum atomic E-state index is 11.5. The van der Waals surface area contributed by atoms with Crippen LogP contribution in [0.1, 0.15) is 22.7 Å². The molecule has 3 amide bonds. The molecule has 1 heterocycles. The Bertz CT molecular complexity index is 440.